The lowest BCUT2D eigenvalue weighted by atomic mass is 9.73. The molecule has 0 saturated carbocycles. The molecule has 7 aromatic carbocycles. The van der Waals surface area contributed by atoms with E-state index in [0.29, 0.717) is 0 Å². The molecule has 0 atom stereocenters. The quantitative estimate of drug-likeness (QED) is 0.173. The van der Waals surface area contributed by atoms with Gasteiger partial charge in [-0.25, -0.2) is 9.97 Å². The van der Waals surface area contributed by atoms with Gasteiger partial charge in [-0.3, -0.25) is 0 Å². The van der Waals surface area contributed by atoms with Crippen molar-refractivity contribution in [2.45, 2.75) is 26.2 Å². The number of para-hydroxylation sites is 2. The molecule has 5 heterocycles. The van der Waals surface area contributed by atoms with E-state index in [1.165, 1.54) is 104 Å². The molecule has 0 saturated heterocycles. The Morgan fingerprint density at radius 1 is 0.443 bits per heavy atom. The number of nitrogens with zero attached hydrogens (tertiary/aromatic N) is 3. The number of pyridine rings is 2. The molecule has 1 aliphatic rings. The number of thiophene rings is 2. The molecule has 0 aliphatic carbocycles. The van der Waals surface area contributed by atoms with E-state index in [1.807, 2.05) is 12.4 Å². The van der Waals surface area contributed by atoms with Gasteiger partial charge < -0.3 is 4.90 Å². The van der Waals surface area contributed by atoms with Gasteiger partial charge in [-0.15, -0.1) is 22.7 Å². The van der Waals surface area contributed by atoms with Gasteiger partial charge in [0.05, 0.1) is 11.4 Å². The predicted molar refractivity (Wildman–Crippen MR) is 261 cm³/mol. The van der Waals surface area contributed by atoms with Crippen molar-refractivity contribution in [3.05, 3.63) is 199 Å². The first-order valence-corrected chi connectivity index (χ1v) is 22.4. The molecule has 290 valence electrons. The van der Waals surface area contributed by atoms with Crippen molar-refractivity contribution < 1.29 is 0 Å². The number of hydrogen-bond donors (Lipinski definition) is 0. The zero-order chi connectivity index (χ0) is 40.8. The number of hydrogen-bond acceptors (Lipinski definition) is 5. The Balaban J connectivity index is 1.03. The van der Waals surface area contributed by atoms with Crippen molar-refractivity contribution in [3.8, 4) is 44.5 Å². The van der Waals surface area contributed by atoms with Crippen molar-refractivity contribution in [3.63, 3.8) is 0 Å². The first-order valence-electron chi connectivity index (χ1n) is 20.8. The molecule has 3 nitrogen and oxygen atoms in total. The fourth-order valence-electron chi connectivity index (χ4n) is 9.81. The summed E-state index contributed by atoms with van der Waals surface area (Å²) in [7, 11) is 0. The van der Waals surface area contributed by atoms with Crippen LogP contribution in [-0.2, 0) is 5.41 Å². The van der Waals surface area contributed by atoms with E-state index in [4.69, 9.17) is 9.97 Å². The minimum absolute atomic E-state index is 0.149. The van der Waals surface area contributed by atoms with Crippen LogP contribution in [0.3, 0.4) is 0 Å². The molecule has 11 aromatic rings. The molecule has 0 bridgehead atoms. The molecule has 1 aliphatic heterocycles. The molecular weight excluding hydrogens is 779 g/mol. The largest absolute Gasteiger partial charge is 0.310 e. The van der Waals surface area contributed by atoms with Gasteiger partial charge in [-0.2, -0.15) is 0 Å². The summed E-state index contributed by atoms with van der Waals surface area (Å²) in [5, 5.41) is 4.97. The van der Waals surface area contributed by atoms with Crippen LogP contribution in [0.1, 0.15) is 30.5 Å². The highest BCUT2D eigenvalue weighted by atomic mass is 32.1. The molecule has 0 N–H and O–H groups in total. The van der Waals surface area contributed by atoms with E-state index in [-0.39, 0.29) is 5.41 Å². The van der Waals surface area contributed by atoms with Gasteiger partial charge in [0.1, 0.15) is 9.66 Å². The Morgan fingerprint density at radius 2 is 0.836 bits per heavy atom. The monoisotopic (exact) mass is 817 g/mol. The summed E-state index contributed by atoms with van der Waals surface area (Å²) >= 11 is 3.52. The van der Waals surface area contributed by atoms with Gasteiger partial charge in [0.15, 0.2) is 0 Å². The smallest absolute Gasteiger partial charge is 0.125 e. The Bertz CT molecular complexity index is 3290. The summed E-state index contributed by atoms with van der Waals surface area (Å²) in [6.07, 6.45) is 3.89. The van der Waals surface area contributed by atoms with Crippen LogP contribution < -0.4 is 4.90 Å². The highest BCUT2D eigenvalue weighted by Gasteiger charge is 2.36. The van der Waals surface area contributed by atoms with Crippen molar-refractivity contribution in [2.75, 3.05) is 4.90 Å². The summed E-state index contributed by atoms with van der Waals surface area (Å²) < 4.78 is 2.53. The minimum Gasteiger partial charge on any atom is -0.310 e. The second-order valence-electron chi connectivity index (χ2n) is 16.6. The van der Waals surface area contributed by atoms with E-state index in [1.54, 1.807) is 22.7 Å². The molecule has 12 rings (SSSR count). The maximum absolute atomic E-state index is 4.77. The van der Waals surface area contributed by atoms with Crippen molar-refractivity contribution in [2.24, 2.45) is 0 Å². The van der Waals surface area contributed by atoms with Crippen LogP contribution in [0.4, 0.5) is 17.1 Å². The van der Waals surface area contributed by atoms with Crippen LogP contribution in [0.25, 0.3) is 85.1 Å². The van der Waals surface area contributed by atoms with E-state index in [0.717, 1.165) is 15.3 Å². The molecular formula is C56H39N3S2. The number of benzene rings is 7. The number of anilines is 3. The molecule has 61 heavy (non-hydrogen) atoms. The van der Waals surface area contributed by atoms with E-state index in [9.17, 15) is 0 Å². The fraction of sp³-hybridized carbons (Fsp3) is 0.0714. The first kappa shape index (κ1) is 36.0. The van der Waals surface area contributed by atoms with Crippen LogP contribution in [0, 0.1) is 6.92 Å². The Hall–Kier alpha value is -6.92. The maximum Gasteiger partial charge on any atom is 0.125 e. The summed E-state index contributed by atoms with van der Waals surface area (Å²) in [6, 6.07) is 62.6. The third kappa shape index (κ3) is 5.61. The van der Waals surface area contributed by atoms with Crippen molar-refractivity contribution in [1.82, 2.24) is 9.97 Å². The molecule has 4 aromatic heterocycles. The predicted octanol–water partition coefficient (Wildman–Crippen LogP) is 16.3. The molecule has 0 unspecified atom stereocenters. The molecule has 0 spiro atoms. The lowest BCUT2D eigenvalue weighted by Crippen LogP contribution is -2.30. The normalized spacial score (nSPS) is 13.3. The zero-order valence-electron chi connectivity index (χ0n) is 34.0. The highest BCUT2D eigenvalue weighted by Crippen LogP contribution is 2.53. The van der Waals surface area contributed by atoms with Crippen molar-refractivity contribution >= 4 is 80.3 Å². The van der Waals surface area contributed by atoms with Gasteiger partial charge in [-0.1, -0.05) is 135 Å². The van der Waals surface area contributed by atoms with Gasteiger partial charge in [0.2, 0.25) is 0 Å². The van der Waals surface area contributed by atoms with Gasteiger partial charge in [0.25, 0.3) is 0 Å². The minimum atomic E-state index is -0.149. The van der Waals surface area contributed by atoms with Crippen molar-refractivity contribution in [1.29, 1.82) is 0 Å². The fourth-order valence-corrected chi connectivity index (χ4v) is 11.9. The standard InChI is InChI=1S/C56H39N3S2/c1-34-44(37-24-20-35(21-25-37)40-28-30-57-54-52(40)42-12-4-10-18-50(42)60-54)32-39(59-48-16-8-6-14-46(48)56(2,3)47-15-7-9-17-49(47)59)33-45(34)38-26-22-36(23-27-38)41-29-31-58-55-53(41)43-13-5-11-19-51(43)61-55/h4-33H,1-3H3. The third-order valence-electron chi connectivity index (χ3n) is 12.9. The lowest BCUT2D eigenvalue weighted by molar-refractivity contribution is 0.632. The number of aromatic nitrogens is 2. The summed E-state index contributed by atoms with van der Waals surface area (Å²) in [4.78, 5) is 14.2. The zero-order valence-corrected chi connectivity index (χ0v) is 35.6. The molecule has 0 fully saturated rings. The third-order valence-corrected chi connectivity index (χ3v) is 15.0. The number of rotatable bonds is 5. The van der Waals surface area contributed by atoms with E-state index >= 15 is 0 Å². The van der Waals surface area contributed by atoms with E-state index in [2.05, 4.69) is 196 Å². The molecule has 5 heteroatoms. The van der Waals surface area contributed by atoms with Gasteiger partial charge >= 0.3 is 0 Å². The Labute approximate surface area is 362 Å². The summed E-state index contributed by atoms with van der Waals surface area (Å²) in [5.41, 5.74) is 16.9. The van der Waals surface area contributed by atoms with E-state index < -0.39 is 0 Å². The second kappa shape index (κ2) is 13.8. The second-order valence-corrected chi connectivity index (χ2v) is 18.7. The number of fused-ring (bicyclic) bond motifs is 8. The molecule has 0 amide bonds. The lowest BCUT2D eigenvalue weighted by Gasteiger charge is -2.42. The van der Waals surface area contributed by atoms with Gasteiger partial charge in [-0.05, 0) is 117 Å². The van der Waals surface area contributed by atoms with Crippen LogP contribution in [0.5, 0.6) is 0 Å². The van der Waals surface area contributed by atoms with Crippen LogP contribution in [-0.4, -0.2) is 9.97 Å². The maximum atomic E-state index is 4.77. The summed E-state index contributed by atoms with van der Waals surface area (Å²) in [6.45, 7) is 6.98. The van der Waals surface area contributed by atoms with Crippen LogP contribution in [0.15, 0.2) is 182 Å². The average Bonchev–Trinajstić information content (AvgIpc) is 3.89. The topological polar surface area (TPSA) is 29.0 Å². The average molecular weight is 818 g/mol. The SMILES string of the molecule is Cc1c(-c2ccc(-c3ccnc4sc5ccccc5c34)cc2)cc(N2c3ccccc3C(C)(C)c3ccccc32)cc1-c1ccc(-c2ccnc3sc4ccccc4c23)cc1. The Morgan fingerprint density at radius 3 is 1.30 bits per heavy atom. The van der Waals surface area contributed by atoms with Gasteiger partial charge in [0, 0.05) is 54.4 Å². The first-order chi connectivity index (χ1) is 29.9. The highest BCUT2D eigenvalue weighted by molar-refractivity contribution is 7.26. The molecule has 0 radical (unpaired) electrons. The van der Waals surface area contributed by atoms with Crippen LogP contribution >= 0.6 is 22.7 Å². The summed E-state index contributed by atoms with van der Waals surface area (Å²) in [5.74, 6) is 0. The van der Waals surface area contributed by atoms with Crippen LogP contribution in [0.2, 0.25) is 0 Å². The Kier molecular flexibility index (Phi) is 8.15.